The van der Waals surface area contributed by atoms with Crippen LogP contribution >= 0.6 is 0 Å². The predicted molar refractivity (Wildman–Crippen MR) is 116 cm³/mol. The Bertz CT molecular complexity index is 814. The van der Waals surface area contributed by atoms with Gasteiger partial charge in [-0.15, -0.1) is 0 Å². The maximum absolute atomic E-state index is 6.11. The summed E-state index contributed by atoms with van der Waals surface area (Å²) in [6.45, 7) is 9.46. The first-order valence-electron chi connectivity index (χ1n) is 10.4. The van der Waals surface area contributed by atoms with E-state index in [1.54, 1.807) is 0 Å². The molecule has 0 saturated heterocycles. The van der Waals surface area contributed by atoms with Crippen LogP contribution in [-0.2, 0) is 0 Å². The summed E-state index contributed by atoms with van der Waals surface area (Å²) >= 11 is 0. The van der Waals surface area contributed by atoms with E-state index < -0.39 is 0 Å². The summed E-state index contributed by atoms with van der Waals surface area (Å²) in [5, 5.41) is 3.29. The maximum Gasteiger partial charge on any atom is 0.234 e. The lowest BCUT2D eigenvalue weighted by molar-refractivity contribution is 0.233. The van der Waals surface area contributed by atoms with E-state index in [0.29, 0.717) is 5.92 Å². The molecule has 1 heterocycles. The lowest BCUT2D eigenvalue weighted by atomic mass is 10.00. The molecule has 1 aliphatic rings. The fourth-order valence-corrected chi connectivity index (χ4v) is 3.51. The van der Waals surface area contributed by atoms with E-state index >= 15 is 0 Å². The highest BCUT2D eigenvalue weighted by Gasteiger charge is 2.18. The van der Waals surface area contributed by atoms with Gasteiger partial charge in [-0.3, -0.25) is 0 Å². The van der Waals surface area contributed by atoms with Crippen molar-refractivity contribution in [3.8, 4) is 23.3 Å². The monoisotopic (exact) mass is 377 g/mol. The van der Waals surface area contributed by atoms with Gasteiger partial charge in [-0.1, -0.05) is 51.2 Å². The zero-order valence-corrected chi connectivity index (χ0v) is 17.5. The zero-order chi connectivity index (χ0) is 19.9. The van der Waals surface area contributed by atoms with Gasteiger partial charge in [-0.25, -0.2) is 0 Å². The Hall–Kier alpha value is -2.60. The molecular weight excluding hydrogens is 346 g/mol. The minimum Gasteiger partial charge on any atom is -0.493 e. The van der Waals surface area contributed by atoms with Crippen molar-refractivity contribution < 1.29 is 9.47 Å². The van der Waals surface area contributed by atoms with Crippen LogP contribution in [0.4, 0.5) is 5.69 Å². The third kappa shape index (κ3) is 5.01. The second-order valence-electron chi connectivity index (χ2n) is 7.57. The average Bonchev–Trinajstić information content (AvgIpc) is 3.10. The average molecular weight is 378 g/mol. The number of aryl methyl sites for hydroxylation is 2. The number of ether oxygens (including phenoxy) is 2. The summed E-state index contributed by atoms with van der Waals surface area (Å²) in [6, 6.07) is 12.1. The number of para-hydroxylation sites is 2. The van der Waals surface area contributed by atoms with Crippen LogP contribution in [0.5, 0.6) is 11.5 Å². The van der Waals surface area contributed by atoms with Gasteiger partial charge in [-0.05, 0) is 67.5 Å². The van der Waals surface area contributed by atoms with Crippen LogP contribution in [0.3, 0.4) is 0 Å². The van der Waals surface area contributed by atoms with Crippen LogP contribution in [0, 0.1) is 31.6 Å². The van der Waals surface area contributed by atoms with Crippen molar-refractivity contribution in [2.24, 2.45) is 5.92 Å². The minimum absolute atomic E-state index is 0.309. The van der Waals surface area contributed by atoms with Crippen LogP contribution < -0.4 is 14.8 Å². The van der Waals surface area contributed by atoms with Crippen LogP contribution in [0.25, 0.3) is 0 Å². The number of hydrogen-bond acceptors (Lipinski definition) is 3. The molecule has 148 valence electrons. The van der Waals surface area contributed by atoms with Crippen molar-refractivity contribution in [3.63, 3.8) is 0 Å². The predicted octanol–water partition coefficient (Wildman–Crippen LogP) is 6.08. The molecule has 1 N–H and O–H groups in total. The second kappa shape index (κ2) is 9.55. The summed E-state index contributed by atoms with van der Waals surface area (Å²) in [7, 11) is 0. The molecule has 0 aromatic heterocycles. The Morgan fingerprint density at radius 2 is 1.89 bits per heavy atom. The van der Waals surface area contributed by atoms with Crippen LogP contribution in [-0.4, -0.2) is 12.8 Å². The summed E-state index contributed by atoms with van der Waals surface area (Å²) in [6.07, 6.45) is 4.61. The van der Waals surface area contributed by atoms with Crippen LogP contribution in [0.15, 0.2) is 36.4 Å². The Morgan fingerprint density at radius 1 is 1.14 bits per heavy atom. The normalized spacial score (nSPS) is 15.6. The lowest BCUT2D eigenvalue weighted by Crippen LogP contribution is -2.17. The number of rotatable bonds is 7. The number of nitrogens with one attached hydrogen (secondary N) is 1. The molecule has 2 aromatic rings. The number of fused-ring (bicyclic) bond motifs is 1. The van der Waals surface area contributed by atoms with E-state index in [4.69, 9.17) is 9.47 Å². The molecule has 1 aliphatic heterocycles. The molecule has 0 aliphatic carbocycles. The largest absolute Gasteiger partial charge is 0.493 e. The first kappa shape index (κ1) is 20.1. The molecule has 3 heteroatoms. The SMILES string of the molecule is CCCCC(CC)COc1cc(C)c(C#CC2Nc3ccccc3O2)c(C)c1. The second-order valence-corrected chi connectivity index (χ2v) is 7.57. The molecule has 0 spiro atoms. The molecule has 3 nitrogen and oxygen atoms in total. The molecule has 0 fully saturated rings. The molecule has 3 rings (SSSR count). The highest BCUT2D eigenvalue weighted by atomic mass is 16.5. The van der Waals surface area contributed by atoms with E-state index in [1.165, 1.54) is 19.3 Å². The molecule has 28 heavy (non-hydrogen) atoms. The van der Waals surface area contributed by atoms with E-state index in [-0.39, 0.29) is 6.23 Å². The smallest absolute Gasteiger partial charge is 0.234 e. The first-order valence-corrected chi connectivity index (χ1v) is 10.4. The number of hydrogen-bond donors (Lipinski definition) is 1. The van der Waals surface area contributed by atoms with Crippen molar-refractivity contribution in [1.29, 1.82) is 0 Å². The summed E-state index contributed by atoms with van der Waals surface area (Å²) in [5.41, 5.74) is 4.32. The van der Waals surface area contributed by atoms with Crippen molar-refractivity contribution in [1.82, 2.24) is 0 Å². The van der Waals surface area contributed by atoms with E-state index in [2.05, 4.69) is 57.0 Å². The van der Waals surface area contributed by atoms with E-state index in [9.17, 15) is 0 Å². The molecule has 0 amide bonds. The quantitative estimate of drug-likeness (QED) is 0.593. The first-order chi connectivity index (χ1) is 13.6. The Labute approximate surface area is 169 Å². The number of unbranched alkanes of at least 4 members (excludes halogenated alkanes) is 1. The molecule has 0 saturated carbocycles. The fourth-order valence-electron chi connectivity index (χ4n) is 3.51. The van der Waals surface area contributed by atoms with Crippen LogP contribution in [0.2, 0.25) is 0 Å². The fraction of sp³-hybridized carbons (Fsp3) is 0.440. The lowest BCUT2D eigenvalue weighted by Gasteiger charge is -2.17. The number of benzene rings is 2. The molecule has 2 unspecified atom stereocenters. The van der Waals surface area contributed by atoms with Crippen molar-refractivity contribution in [3.05, 3.63) is 53.1 Å². The molecular formula is C25H31NO2. The van der Waals surface area contributed by atoms with Gasteiger partial charge in [0.25, 0.3) is 0 Å². The highest BCUT2D eigenvalue weighted by Crippen LogP contribution is 2.30. The third-order valence-electron chi connectivity index (χ3n) is 5.28. The minimum atomic E-state index is -0.309. The van der Waals surface area contributed by atoms with Crippen LogP contribution in [0.1, 0.15) is 56.2 Å². The van der Waals surface area contributed by atoms with Gasteiger partial charge in [0.05, 0.1) is 12.3 Å². The van der Waals surface area contributed by atoms with Gasteiger partial charge in [-0.2, -0.15) is 0 Å². The zero-order valence-electron chi connectivity index (χ0n) is 17.5. The molecule has 2 aromatic carbocycles. The van der Waals surface area contributed by atoms with Gasteiger partial charge in [0.2, 0.25) is 6.23 Å². The topological polar surface area (TPSA) is 30.5 Å². The van der Waals surface area contributed by atoms with E-state index in [1.807, 2.05) is 24.3 Å². The van der Waals surface area contributed by atoms with Gasteiger partial charge in [0.15, 0.2) is 0 Å². The summed E-state index contributed by atoms with van der Waals surface area (Å²) in [5.74, 6) is 8.93. The van der Waals surface area contributed by atoms with Gasteiger partial charge in [0, 0.05) is 5.56 Å². The third-order valence-corrected chi connectivity index (χ3v) is 5.28. The standard InChI is InChI=1S/C25H31NO2/c1-5-7-10-20(6-2)17-27-21-15-18(3)22(19(4)16-21)13-14-25-26-23-11-8-9-12-24(23)28-25/h8-9,11-12,15-16,20,25-26H,5-7,10,17H2,1-4H3. The Morgan fingerprint density at radius 3 is 2.57 bits per heavy atom. The maximum atomic E-state index is 6.11. The van der Waals surface area contributed by atoms with Gasteiger partial charge < -0.3 is 14.8 Å². The molecule has 0 bridgehead atoms. The Kier molecular flexibility index (Phi) is 6.87. The molecule has 2 atom stereocenters. The van der Waals surface area contributed by atoms with Crippen molar-refractivity contribution >= 4 is 5.69 Å². The summed E-state index contributed by atoms with van der Waals surface area (Å²) in [4.78, 5) is 0. The van der Waals surface area contributed by atoms with Crippen molar-refractivity contribution in [2.45, 2.75) is 59.6 Å². The number of anilines is 1. The van der Waals surface area contributed by atoms with Gasteiger partial charge in [0.1, 0.15) is 11.5 Å². The highest BCUT2D eigenvalue weighted by molar-refractivity contribution is 5.61. The van der Waals surface area contributed by atoms with E-state index in [0.717, 1.165) is 46.9 Å². The Balaban J connectivity index is 1.65. The van der Waals surface area contributed by atoms with Crippen molar-refractivity contribution in [2.75, 3.05) is 11.9 Å². The summed E-state index contributed by atoms with van der Waals surface area (Å²) < 4.78 is 11.9. The molecule has 0 radical (unpaired) electrons. The van der Waals surface area contributed by atoms with Gasteiger partial charge >= 0.3 is 0 Å².